The van der Waals surface area contributed by atoms with Gasteiger partial charge in [-0.25, -0.2) is 4.79 Å². The van der Waals surface area contributed by atoms with Crippen molar-refractivity contribution in [3.05, 3.63) is 53.1 Å². The third kappa shape index (κ3) is 5.50. The van der Waals surface area contributed by atoms with Gasteiger partial charge >= 0.3 is 5.97 Å². The first-order chi connectivity index (χ1) is 13.9. The molecule has 2 aromatic carbocycles. The lowest BCUT2D eigenvalue weighted by molar-refractivity contribution is -0.144. The van der Waals surface area contributed by atoms with Crippen LogP contribution in [0.25, 0.3) is 0 Å². The highest BCUT2D eigenvalue weighted by molar-refractivity contribution is 5.98. The van der Waals surface area contributed by atoms with Gasteiger partial charge in [-0.1, -0.05) is 26.0 Å². The van der Waals surface area contributed by atoms with Crippen LogP contribution in [0.2, 0.25) is 0 Å². The molecule has 1 aliphatic rings. The Labute approximate surface area is 170 Å². The van der Waals surface area contributed by atoms with E-state index in [1.165, 1.54) is 0 Å². The van der Waals surface area contributed by atoms with E-state index in [0.29, 0.717) is 36.0 Å². The van der Waals surface area contributed by atoms with E-state index in [1.807, 2.05) is 25.1 Å². The highest BCUT2D eigenvalue weighted by atomic mass is 16.6. The van der Waals surface area contributed by atoms with Crippen molar-refractivity contribution in [2.24, 2.45) is 0 Å². The van der Waals surface area contributed by atoms with Crippen molar-refractivity contribution in [2.75, 3.05) is 26.4 Å². The SMILES string of the molecule is Cc1ccc(C(C)C)c(OCC(=O)OCC(=O)c2ccc3c(c2)OCCCO3)c1. The van der Waals surface area contributed by atoms with Crippen molar-refractivity contribution >= 4 is 11.8 Å². The van der Waals surface area contributed by atoms with Gasteiger partial charge in [0.2, 0.25) is 0 Å². The second-order valence-electron chi connectivity index (χ2n) is 7.28. The molecule has 0 fully saturated rings. The van der Waals surface area contributed by atoms with Gasteiger partial charge in [-0.2, -0.15) is 0 Å². The zero-order valence-corrected chi connectivity index (χ0v) is 17.0. The third-order valence-corrected chi connectivity index (χ3v) is 4.57. The van der Waals surface area contributed by atoms with Gasteiger partial charge in [-0.05, 0) is 48.2 Å². The second kappa shape index (κ2) is 9.45. The van der Waals surface area contributed by atoms with Gasteiger partial charge < -0.3 is 18.9 Å². The number of ether oxygens (including phenoxy) is 4. The third-order valence-electron chi connectivity index (χ3n) is 4.57. The van der Waals surface area contributed by atoms with E-state index in [9.17, 15) is 9.59 Å². The summed E-state index contributed by atoms with van der Waals surface area (Å²) < 4.78 is 21.9. The topological polar surface area (TPSA) is 71.1 Å². The van der Waals surface area contributed by atoms with Crippen LogP contribution in [0.4, 0.5) is 0 Å². The number of rotatable bonds is 7. The van der Waals surface area contributed by atoms with Crippen LogP contribution in [0.15, 0.2) is 36.4 Å². The summed E-state index contributed by atoms with van der Waals surface area (Å²) in [7, 11) is 0. The molecule has 1 heterocycles. The van der Waals surface area contributed by atoms with E-state index in [4.69, 9.17) is 18.9 Å². The number of fused-ring (bicyclic) bond motifs is 1. The summed E-state index contributed by atoms with van der Waals surface area (Å²) in [6.45, 7) is 6.59. The molecule has 0 aromatic heterocycles. The van der Waals surface area contributed by atoms with Gasteiger partial charge in [0, 0.05) is 12.0 Å². The molecule has 29 heavy (non-hydrogen) atoms. The molecule has 3 rings (SSSR count). The molecule has 154 valence electrons. The highest BCUT2D eigenvalue weighted by Gasteiger charge is 2.16. The van der Waals surface area contributed by atoms with Gasteiger partial charge in [-0.3, -0.25) is 4.79 Å². The van der Waals surface area contributed by atoms with E-state index < -0.39 is 5.97 Å². The number of esters is 1. The molecule has 0 spiro atoms. The first kappa shape index (κ1) is 20.7. The van der Waals surface area contributed by atoms with E-state index in [-0.39, 0.29) is 24.9 Å². The van der Waals surface area contributed by atoms with Gasteiger partial charge in [0.15, 0.2) is 30.5 Å². The van der Waals surface area contributed by atoms with Gasteiger partial charge in [0.05, 0.1) is 13.2 Å². The predicted octanol–water partition coefficient (Wildman–Crippen LogP) is 4.08. The van der Waals surface area contributed by atoms with Crippen molar-refractivity contribution < 1.29 is 28.5 Å². The molecule has 0 saturated carbocycles. The van der Waals surface area contributed by atoms with Crippen LogP contribution in [-0.4, -0.2) is 38.2 Å². The summed E-state index contributed by atoms with van der Waals surface area (Å²) in [5, 5.41) is 0. The number of hydrogen-bond acceptors (Lipinski definition) is 6. The summed E-state index contributed by atoms with van der Waals surface area (Å²) in [6, 6.07) is 10.9. The van der Waals surface area contributed by atoms with Crippen molar-refractivity contribution in [1.29, 1.82) is 0 Å². The van der Waals surface area contributed by atoms with E-state index in [2.05, 4.69) is 13.8 Å². The molecule has 0 bridgehead atoms. The van der Waals surface area contributed by atoms with Crippen LogP contribution in [0.1, 0.15) is 47.7 Å². The Morgan fingerprint density at radius 2 is 1.76 bits per heavy atom. The van der Waals surface area contributed by atoms with Gasteiger partial charge in [0.1, 0.15) is 5.75 Å². The van der Waals surface area contributed by atoms with E-state index in [1.54, 1.807) is 18.2 Å². The van der Waals surface area contributed by atoms with Crippen LogP contribution >= 0.6 is 0 Å². The Kier molecular flexibility index (Phi) is 6.75. The Morgan fingerprint density at radius 3 is 2.52 bits per heavy atom. The number of carbonyl (C=O) groups is 2. The van der Waals surface area contributed by atoms with Crippen molar-refractivity contribution in [2.45, 2.75) is 33.1 Å². The molecular weight excluding hydrogens is 372 g/mol. The first-order valence-corrected chi connectivity index (χ1v) is 9.76. The molecule has 6 heteroatoms. The second-order valence-corrected chi connectivity index (χ2v) is 7.28. The largest absolute Gasteiger partial charge is 0.490 e. The fourth-order valence-corrected chi connectivity index (χ4v) is 2.99. The Balaban J connectivity index is 1.54. The number of aryl methyl sites for hydroxylation is 1. The standard InChI is InChI=1S/C23H26O6/c1-15(2)18-7-5-16(3)11-21(18)28-14-23(25)29-13-19(24)17-6-8-20-22(12-17)27-10-4-9-26-20/h5-8,11-12,15H,4,9-10,13-14H2,1-3H3. The summed E-state index contributed by atoms with van der Waals surface area (Å²) in [4.78, 5) is 24.4. The zero-order chi connectivity index (χ0) is 20.8. The Morgan fingerprint density at radius 1 is 1.00 bits per heavy atom. The molecule has 0 amide bonds. The lowest BCUT2D eigenvalue weighted by atomic mass is 10.0. The predicted molar refractivity (Wildman–Crippen MR) is 108 cm³/mol. The maximum absolute atomic E-state index is 12.4. The average Bonchev–Trinajstić information content (AvgIpc) is 2.95. The molecule has 1 aliphatic heterocycles. The van der Waals surface area contributed by atoms with Crippen LogP contribution in [0, 0.1) is 6.92 Å². The number of hydrogen-bond donors (Lipinski definition) is 0. The van der Waals surface area contributed by atoms with Crippen LogP contribution in [-0.2, 0) is 9.53 Å². The number of benzene rings is 2. The molecule has 0 atom stereocenters. The highest BCUT2D eigenvalue weighted by Crippen LogP contribution is 2.30. The van der Waals surface area contributed by atoms with Crippen molar-refractivity contribution in [3.63, 3.8) is 0 Å². The Bertz CT molecular complexity index is 887. The van der Waals surface area contributed by atoms with Gasteiger partial charge in [0.25, 0.3) is 0 Å². The van der Waals surface area contributed by atoms with Crippen molar-refractivity contribution in [1.82, 2.24) is 0 Å². The van der Waals surface area contributed by atoms with Crippen LogP contribution < -0.4 is 14.2 Å². The molecule has 0 unspecified atom stereocenters. The zero-order valence-electron chi connectivity index (χ0n) is 17.0. The van der Waals surface area contributed by atoms with E-state index >= 15 is 0 Å². The summed E-state index contributed by atoms with van der Waals surface area (Å²) in [5.41, 5.74) is 2.47. The minimum atomic E-state index is -0.594. The summed E-state index contributed by atoms with van der Waals surface area (Å²) >= 11 is 0. The molecule has 0 aliphatic carbocycles. The fourth-order valence-electron chi connectivity index (χ4n) is 2.99. The smallest absolute Gasteiger partial charge is 0.344 e. The summed E-state index contributed by atoms with van der Waals surface area (Å²) in [5.74, 6) is 1.16. The minimum Gasteiger partial charge on any atom is -0.490 e. The lowest BCUT2D eigenvalue weighted by Gasteiger charge is -2.14. The van der Waals surface area contributed by atoms with E-state index in [0.717, 1.165) is 17.5 Å². The lowest BCUT2D eigenvalue weighted by Crippen LogP contribution is -2.20. The average molecular weight is 398 g/mol. The molecule has 6 nitrogen and oxygen atoms in total. The van der Waals surface area contributed by atoms with Crippen molar-refractivity contribution in [3.8, 4) is 17.2 Å². The Hall–Kier alpha value is -3.02. The fraction of sp³-hybridized carbons (Fsp3) is 0.391. The molecule has 0 N–H and O–H groups in total. The quantitative estimate of drug-likeness (QED) is 0.517. The van der Waals surface area contributed by atoms with Crippen LogP contribution in [0.3, 0.4) is 0 Å². The maximum atomic E-state index is 12.4. The van der Waals surface area contributed by atoms with Gasteiger partial charge in [-0.15, -0.1) is 0 Å². The molecule has 0 saturated heterocycles. The summed E-state index contributed by atoms with van der Waals surface area (Å²) in [6.07, 6.45) is 0.787. The van der Waals surface area contributed by atoms with Crippen LogP contribution in [0.5, 0.6) is 17.2 Å². The molecular formula is C23H26O6. The normalized spacial score (nSPS) is 13.0. The number of ketones is 1. The number of Topliss-reactive ketones (excluding diaryl/α,β-unsaturated/α-hetero) is 1. The first-order valence-electron chi connectivity index (χ1n) is 9.76. The number of carbonyl (C=O) groups excluding carboxylic acids is 2. The molecule has 0 radical (unpaired) electrons. The molecule has 2 aromatic rings. The maximum Gasteiger partial charge on any atom is 0.344 e. The minimum absolute atomic E-state index is 0.252. The monoisotopic (exact) mass is 398 g/mol.